The lowest BCUT2D eigenvalue weighted by Crippen LogP contribution is -2.46. The molecule has 4 bridgehead atoms. The summed E-state index contributed by atoms with van der Waals surface area (Å²) >= 11 is 0. The molecule has 4 aliphatic carbocycles. The monoisotopic (exact) mass is 322 g/mol. The van der Waals surface area contributed by atoms with E-state index in [-0.39, 0.29) is 12.0 Å². The van der Waals surface area contributed by atoms with Crippen molar-refractivity contribution in [1.29, 1.82) is 0 Å². The molecule has 0 radical (unpaired) electrons. The lowest BCUT2D eigenvalue weighted by atomic mass is 9.54. The molecule has 3 unspecified atom stereocenters. The molecule has 5 nitrogen and oxygen atoms in total. The molecule has 0 aromatic rings. The van der Waals surface area contributed by atoms with E-state index in [0.717, 1.165) is 25.7 Å². The summed E-state index contributed by atoms with van der Waals surface area (Å²) < 4.78 is 60.3. The maximum absolute atomic E-state index is 13.2. The van der Waals surface area contributed by atoms with Crippen LogP contribution in [0.2, 0.25) is 0 Å². The number of allylic oxidation sites excluding steroid dienone is 2. The van der Waals surface area contributed by atoms with E-state index >= 15 is 0 Å². The number of ether oxygens (including phenoxy) is 1. The minimum Gasteiger partial charge on any atom is -0.460 e. The zero-order valence-corrected chi connectivity index (χ0v) is 12.0. The molecule has 0 aromatic heterocycles. The molecule has 118 valence electrons. The molecule has 4 aliphatic rings. The first-order chi connectivity index (χ1) is 9.61. The molecule has 2 fully saturated rings. The summed E-state index contributed by atoms with van der Waals surface area (Å²) in [7, 11) is -5.80. The number of alkyl halides is 2. The maximum Gasteiger partial charge on any atom is 0.465 e. The zero-order valence-electron chi connectivity index (χ0n) is 11.2. The number of carbonyl (C=O) groups excluding carboxylic acids is 1. The summed E-state index contributed by atoms with van der Waals surface area (Å²) in [6.07, 6.45) is 6.63. The minimum absolute atomic E-state index is 0.221. The summed E-state index contributed by atoms with van der Waals surface area (Å²) in [5.74, 6) is -1.30. The lowest BCUT2D eigenvalue weighted by molar-refractivity contribution is -0.167. The first-order valence-corrected chi connectivity index (χ1v) is 8.27. The molecule has 0 amide bonds. The third-order valence-electron chi connectivity index (χ3n) is 4.75. The molecule has 0 heterocycles. The second-order valence-corrected chi connectivity index (χ2v) is 8.01. The molecule has 0 aliphatic heterocycles. The Bertz CT molecular complexity index is 612. The molecule has 8 heteroatoms. The van der Waals surface area contributed by atoms with Crippen LogP contribution in [-0.4, -0.2) is 30.8 Å². The van der Waals surface area contributed by atoms with Gasteiger partial charge >= 0.3 is 21.3 Å². The third kappa shape index (κ3) is 2.48. The van der Waals surface area contributed by atoms with Gasteiger partial charge in [0.2, 0.25) is 0 Å². The maximum atomic E-state index is 13.2. The van der Waals surface area contributed by atoms with E-state index < -0.39 is 21.3 Å². The van der Waals surface area contributed by atoms with Gasteiger partial charge in [0.25, 0.3) is 0 Å². The summed E-state index contributed by atoms with van der Waals surface area (Å²) in [6.45, 7) is -0.221. The third-order valence-corrected chi connectivity index (χ3v) is 5.56. The van der Waals surface area contributed by atoms with Crippen molar-refractivity contribution in [3.8, 4) is 0 Å². The van der Waals surface area contributed by atoms with E-state index in [4.69, 9.17) is 4.55 Å². The fraction of sp³-hybridized carbons (Fsp3) is 0.769. The van der Waals surface area contributed by atoms with Crippen molar-refractivity contribution in [2.24, 2.45) is 17.3 Å². The summed E-state index contributed by atoms with van der Waals surface area (Å²) in [4.78, 5) is 11.3. The van der Waals surface area contributed by atoms with Gasteiger partial charge in [-0.25, -0.2) is 4.79 Å². The van der Waals surface area contributed by atoms with E-state index in [0.29, 0.717) is 18.3 Å². The number of carbonyl (C=O) groups is 1. The SMILES string of the molecule is O=C(OCC12CC3=CC(CC(C3)C1)C2)C(F)(F)S(=O)(=O)O. The minimum atomic E-state index is -5.80. The topological polar surface area (TPSA) is 80.7 Å². The molecule has 4 rings (SSSR count). The Morgan fingerprint density at radius 1 is 1.48 bits per heavy atom. The molecular formula is C13H16F2O5S. The Labute approximate surface area is 121 Å². The zero-order chi connectivity index (χ0) is 15.5. The van der Waals surface area contributed by atoms with Crippen LogP contribution >= 0.6 is 0 Å². The fourth-order valence-electron chi connectivity index (χ4n) is 4.24. The van der Waals surface area contributed by atoms with E-state index in [1.54, 1.807) is 0 Å². The highest BCUT2D eigenvalue weighted by Gasteiger charge is 2.55. The molecule has 0 saturated heterocycles. The van der Waals surface area contributed by atoms with E-state index in [2.05, 4.69) is 10.8 Å². The summed E-state index contributed by atoms with van der Waals surface area (Å²) in [5, 5.41) is -4.91. The van der Waals surface area contributed by atoms with Crippen LogP contribution in [0, 0.1) is 17.3 Å². The van der Waals surface area contributed by atoms with Crippen LogP contribution in [0.3, 0.4) is 0 Å². The van der Waals surface area contributed by atoms with Crippen molar-refractivity contribution >= 4 is 16.1 Å². The number of hydrogen-bond donors (Lipinski definition) is 1. The van der Waals surface area contributed by atoms with Crippen molar-refractivity contribution < 1.29 is 31.3 Å². The fourth-order valence-corrected chi connectivity index (χ4v) is 4.50. The van der Waals surface area contributed by atoms with Crippen molar-refractivity contribution in [2.75, 3.05) is 6.61 Å². The number of halogens is 2. The molecular weight excluding hydrogens is 306 g/mol. The Hall–Kier alpha value is -1.02. The largest absolute Gasteiger partial charge is 0.465 e. The smallest absolute Gasteiger partial charge is 0.460 e. The highest BCUT2D eigenvalue weighted by atomic mass is 32.2. The van der Waals surface area contributed by atoms with Crippen LogP contribution in [0.5, 0.6) is 0 Å². The quantitative estimate of drug-likeness (QED) is 0.487. The van der Waals surface area contributed by atoms with Crippen molar-refractivity contribution in [3.63, 3.8) is 0 Å². The molecule has 0 spiro atoms. The van der Waals surface area contributed by atoms with Crippen LogP contribution in [-0.2, 0) is 19.6 Å². The van der Waals surface area contributed by atoms with Crippen LogP contribution in [0.1, 0.15) is 32.1 Å². The van der Waals surface area contributed by atoms with E-state index in [9.17, 15) is 22.0 Å². The standard InChI is InChI=1S/C13H16F2O5S/c14-13(15,21(17,18)19)11(16)20-7-12-4-8-1-9(5-12)3-10(2-8)6-12/h1,8,10H,2-7H2,(H,17,18,19). The van der Waals surface area contributed by atoms with Gasteiger partial charge in [-0.15, -0.1) is 0 Å². The van der Waals surface area contributed by atoms with Gasteiger partial charge < -0.3 is 4.74 Å². The predicted octanol–water partition coefficient (Wildman–Crippen LogP) is 2.15. The Kier molecular flexibility index (Phi) is 3.18. The Balaban J connectivity index is 1.69. The number of rotatable bonds is 4. The van der Waals surface area contributed by atoms with Crippen LogP contribution in [0.4, 0.5) is 8.78 Å². The van der Waals surface area contributed by atoms with Gasteiger partial charge in [0.1, 0.15) is 0 Å². The summed E-state index contributed by atoms with van der Waals surface area (Å²) in [6, 6.07) is 0. The van der Waals surface area contributed by atoms with Crippen molar-refractivity contribution in [3.05, 3.63) is 11.6 Å². The molecule has 2 saturated carbocycles. The average molecular weight is 322 g/mol. The normalized spacial score (nSPS) is 34.7. The van der Waals surface area contributed by atoms with Gasteiger partial charge in [-0.05, 0) is 43.9 Å². The van der Waals surface area contributed by atoms with Crippen molar-refractivity contribution in [2.45, 2.75) is 37.4 Å². The van der Waals surface area contributed by atoms with Crippen LogP contribution < -0.4 is 0 Å². The highest BCUT2D eigenvalue weighted by Crippen LogP contribution is 2.57. The Morgan fingerprint density at radius 3 is 2.76 bits per heavy atom. The highest BCUT2D eigenvalue weighted by molar-refractivity contribution is 7.87. The Morgan fingerprint density at radius 2 is 2.19 bits per heavy atom. The van der Waals surface area contributed by atoms with Gasteiger partial charge in [0.15, 0.2) is 0 Å². The van der Waals surface area contributed by atoms with Gasteiger partial charge in [0.05, 0.1) is 6.61 Å². The lowest BCUT2D eigenvalue weighted by Gasteiger charge is -2.52. The first kappa shape index (κ1) is 14.9. The summed E-state index contributed by atoms with van der Waals surface area (Å²) in [5.41, 5.74) is 0.937. The molecule has 21 heavy (non-hydrogen) atoms. The second-order valence-electron chi connectivity index (χ2n) is 6.54. The van der Waals surface area contributed by atoms with Crippen molar-refractivity contribution in [1.82, 2.24) is 0 Å². The van der Waals surface area contributed by atoms with Gasteiger partial charge in [-0.1, -0.05) is 11.6 Å². The number of esters is 1. The van der Waals surface area contributed by atoms with Crippen LogP contribution in [0.25, 0.3) is 0 Å². The first-order valence-electron chi connectivity index (χ1n) is 6.83. The second kappa shape index (κ2) is 4.49. The molecule has 1 N–H and O–H groups in total. The number of hydrogen-bond acceptors (Lipinski definition) is 4. The van der Waals surface area contributed by atoms with E-state index in [1.165, 1.54) is 5.57 Å². The van der Waals surface area contributed by atoms with E-state index in [1.807, 2.05) is 0 Å². The van der Waals surface area contributed by atoms with Gasteiger partial charge in [-0.2, -0.15) is 17.2 Å². The predicted molar refractivity (Wildman–Crippen MR) is 68.0 cm³/mol. The van der Waals surface area contributed by atoms with Gasteiger partial charge in [0, 0.05) is 5.41 Å². The van der Waals surface area contributed by atoms with Gasteiger partial charge in [-0.3, -0.25) is 4.55 Å². The average Bonchev–Trinajstić information content (AvgIpc) is 2.32. The molecule has 0 aromatic carbocycles. The van der Waals surface area contributed by atoms with Crippen LogP contribution in [0.15, 0.2) is 11.6 Å². The molecule has 3 atom stereocenters.